The van der Waals surface area contributed by atoms with Gasteiger partial charge < -0.3 is 9.84 Å². The molecule has 0 atom stereocenters. The lowest BCUT2D eigenvalue weighted by molar-refractivity contribution is 0.362. The molecule has 0 aromatic carbocycles. The highest BCUT2D eigenvalue weighted by molar-refractivity contribution is 5.36. The maximum absolute atomic E-state index is 9.96. The Hall–Kier alpha value is -1.32. The van der Waals surface area contributed by atoms with Crippen LogP contribution in [0.15, 0.2) is 6.33 Å². The van der Waals surface area contributed by atoms with E-state index in [2.05, 4.69) is 23.8 Å². The summed E-state index contributed by atoms with van der Waals surface area (Å²) in [5, 5.41) is 9.96. The summed E-state index contributed by atoms with van der Waals surface area (Å²) in [6, 6.07) is 0. The van der Waals surface area contributed by atoms with Crippen LogP contribution in [-0.4, -0.2) is 22.2 Å². The highest BCUT2D eigenvalue weighted by atomic mass is 16.5. The van der Waals surface area contributed by atoms with E-state index in [9.17, 15) is 5.11 Å². The van der Waals surface area contributed by atoms with E-state index in [1.54, 1.807) is 7.11 Å². The molecule has 0 radical (unpaired) electrons. The fourth-order valence-corrected chi connectivity index (χ4v) is 2.22. The molecule has 0 aliphatic rings. The number of aromatic nitrogens is 2. The Morgan fingerprint density at radius 1 is 1.17 bits per heavy atom. The number of hydrogen-bond acceptors (Lipinski definition) is 4. The molecule has 0 saturated heterocycles. The van der Waals surface area contributed by atoms with Crippen molar-refractivity contribution in [2.45, 2.75) is 58.3 Å². The summed E-state index contributed by atoms with van der Waals surface area (Å²) in [4.78, 5) is 7.99. The van der Waals surface area contributed by atoms with Gasteiger partial charge in [-0.15, -0.1) is 0 Å². The minimum atomic E-state index is 0.0686. The van der Waals surface area contributed by atoms with Crippen LogP contribution in [0.1, 0.15) is 63.9 Å². The van der Waals surface area contributed by atoms with Crippen LogP contribution in [0.4, 0.5) is 0 Å². The molecule has 1 N–H and O–H groups in total. The van der Waals surface area contributed by atoms with Crippen LogP contribution >= 0.6 is 0 Å². The van der Waals surface area contributed by atoms with Crippen molar-refractivity contribution in [2.24, 2.45) is 0 Å². The SMILES string of the molecule is CCCCC(CCCC)c1c(O)ncnc1OC. The Balaban J connectivity index is 2.94. The van der Waals surface area contributed by atoms with Crippen molar-refractivity contribution >= 4 is 0 Å². The number of methoxy groups -OCH3 is 1. The zero-order valence-corrected chi connectivity index (χ0v) is 11.6. The largest absolute Gasteiger partial charge is 0.493 e. The van der Waals surface area contributed by atoms with E-state index in [0.29, 0.717) is 11.8 Å². The van der Waals surface area contributed by atoms with E-state index in [0.717, 1.165) is 44.1 Å². The maximum atomic E-state index is 9.96. The van der Waals surface area contributed by atoms with Crippen molar-refractivity contribution in [1.29, 1.82) is 0 Å². The molecule has 102 valence electrons. The molecule has 1 aromatic rings. The van der Waals surface area contributed by atoms with Gasteiger partial charge in [0.05, 0.1) is 12.7 Å². The van der Waals surface area contributed by atoms with Crippen molar-refractivity contribution < 1.29 is 9.84 Å². The molecule has 0 amide bonds. The predicted octanol–water partition coefficient (Wildman–Crippen LogP) is 3.65. The maximum Gasteiger partial charge on any atom is 0.223 e. The summed E-state index contributed by atoms with van der Waals surface area (Å²) in [6.45, 7) is 4.35. The molecule has 0 unspecified atom stereocenters. The third-order valence-electron chi connectivity index (χ3n) is 3.24. The third kappa shape index (κ3) is 3.86. The van der Waals surface area contributed by atoms with Gasteiger partial charge in [-0.05, 0) is 18.8 Å². The second kappa shape index (κ2) is 7.90. The summed E-state index contributed by atoms with van der Waals surface area (Å²) < 4.78 is 5.26. The van der Waals surface area contributed by atoms with Crippen molar-refractivity contribution in [3.63, 3.8) is 0 Å². The van der Waals surface area contributed by atoms with Crippen LogP contribution in [0.25, 0.3) is 0 Å². The molecule has 0 aliphatic carbocycles. The van der Waals surface area contributed by atoms with Gasteiger partial charge >= 0.3 is 0 Å². The average Bonchev–Trinajstić information content (AvgIpc) is 2.39. The quantitative estimate of drug-likeness (QED) is 0.767. The van der Waals surface area contributed by atoms with Gasteiger partial charge in [-0.2, -0.15) is 0 Å². The number of ether oxygens (including phenoxy) is 1. The van der Waals surface area contributed by atoms with Crippen molar-refractivity contribution in [2.75, 3.05) is 7.11 Å². The molecule has 0 spiro atoms. The Morgan fingerprint density at radius 2 is 1.78 bits per heavy atom. The first-order valence-electron chi connectivity index (χ1n) is 6.82. The van der Waals surface area contributed by atoms with Crippen LogP contribution in [0.3, 0.4) is 0 Å². The van der Waals surface area contributed by atoms with Gasteiger partial charge in [0.15, 0.2) is 0 Å². The molecule has 0 fully saturated rings. The molecule has 4 nitrogen and oxygen atoms in total. The fourth-order valence-electron chi connectivity index (χ4n) is 2.22. The van der Waals surface area contributed by atoms with E-state index < -0.39 is 0 Å². The third-order valence-corrected chi connectivity index (χ3v) is 3.24. The van der Waals surface area contributed by atoms with Crippen molar-refractivity contribution in [3.05, 3.63) is 11.9 Å². The fraction of sp³-hybridized carbons (Fsp3) is 0.714. The number of rotatable bonds is 8. The predicted molar refractivity (Wildman–Crippen MR) is 72.0 cm³/mol. The van der Waals surface area contributed by atoms with Gasteiger partial charge in [0, 0.05) is 0 Å². The number of aromatic hydroxyl groups is 1. The average molecular weight is 252 g/mol. The molecule has 0 saturated carbocycles. The van der Waals surface area contributed by atoms with E-state index in [1.807, 2.05) is 0 Å². The molecule has 0 bridgehead atoms. The lowest BCUT2D eigenvalue weighted by atomic mass is 9.90. The highest BCUT2D eigenvalue weighted by Gasteiger charge is 2.21. The first kappa shape index (κ1) is 14.7. The topological polar surface area (TPSA) is 55.2 Å². The minimum Gasteiger partial charge on any atom is -0.493 e. The molecule has 18 heavy (non-hydrogen) atoms. The molecule has 1 aromatic heterocycles. The van der Waals surface area contributed by atoms with Crippen LogP contribution in [0.2, 0.25) is 0 Å². The summed E-state index contributed by atoms with van der Waals surface area (Å²) in [7, 11) is 1.59. The summed E-state index contributed by atoms with van der Waals surface area (Å²) in [6.07, 6.45) is 8.03. The lowest BCUT2D eigenvalue weighted by Crippen LogP contribution is -2.05. The first-order chi connectivity index (χ1) is 8.74. The molecule has 1 heterocycles. The van der Waals surface area contributed by atoms with Crippen LogP contribution < -0.4 is 4.74 Å². The van der Waals surface area contributed by atoms with E-state index in [-0.39, 0.29) is 5.88 Å². The second-order valence-corrected chi connectivity index (χ2v) is 4.60. The molecule has 4 heteroatoms. The smallest absolute Gasteiger partial charge is 0.223 e. The lowest BCUT2D eigenvalue weighted by Gasteiger charge is -2.19. The molecule has 1 rings (SSSR count). The first-order valence-corrected chi connectivity index (χ1v) is 6.82. The van der Waals surface area contributed by atoms with Crippen molar-refractivity contribution in [1.82, 2.24) is 9.97 Å². The number of unbranched alkanes of at least 4 members (excludes halogenated alkanes) is 2. The summed E-state index contributed by atoms with van der Waals surface area (Å²) in [5.74, 6) is 0.875. The van der Waals surface area contributed by atoms with Crippen molar-refractivity contribution in [3.8, 4) is 11.8 Å². The van der Waals surface area contributed by atoms with Gasteiger partial charge in [-0.1, -0.05) is 39.5 Å². The van der Waals surface area contributed by atoms with Gasteiger partial charge in [-0.25, -0.2) is 9.97 Å². The zero-order chi connectivity index (χ0) is 13.4. The molecular formula is C14H24N2O2. The van der Waals surface area contributed by atoms with Gasteiger partial charge in [0.25, 0.3) is 0 Å². The Kier molecular flexibility index (Phi) is 6.47. The normalized spacial score (nSPS) is 10.9. The van der Waals surface area contributed by atoms with Crippen LogP contribution in [0, 0.1) is 0 Å². The second-order valence-electron chi connectivity index (χ2n) is 4.60. The summed E-state index contributed by atoms with van der Waals surface area (Å²) >= 11 is 0. The minimum absolute atomic E-state index is 0.0686. The summed E-state index contributed by atoms with van der Waals surface area (Å²) in [5.41, 5.74) is 0.780. The number of nitrogens with zero attached hydrogens (tertiary/aromatic N) is 2. The van der Waals surface area contributed by atoms with Gasteiger partial charge in [-0.3, -0.25) is 0 Å². The van der Waals surface area contributed by atoms with Crippen LogP contribution in [-0.2, 0) is 0 Å². The Bertz CT molecular complexity index is 348. The zero-order valence-electron chi connectivity index (χ0n) is 11.6. The molecule has 0 aliphatic heterocycles. The standard InChI is InChI=1S/C14H24N2O2/c1-4-6-8-11(9-7-5-2)12-13(17)15-10-16-14(12)18-3/h10-11H,4-9H2,1-3H3,(H,15,16,17). The Labute approximate surface area is 109 Å². The van der Waals surface area contributed by atoms with E-state index in [1.165, 1.54) is 6.33 Å². The van der Waals surface area contributed by atoms with Gasteiger partial charge in [0.2, 0.25) is 11.8 Å². The number of hydrogen-bond donors (Lipinski definition) is 1. The van der Waals surface area contributed by atoms with E-state index in [4.69, 9.17) is 4.74 Å². The molecular weight excluding hydrogens is 228 g/mol. The van der Waals surface area contributed by atoms with E-state index >= 15 is 0 Å². The Morgan fingerprint density at radius 3 is 2.28 bits per heavy atom. The van der Waals surface area contributed by atoms with Crippen LogP contribution in [0.5, 0.6) is 11.8 Å². The highest BCUT2D eigenvalue weighted by Crippen LogP contribution is 2.37. The monoisotopic (exact) mass is 252 g/mol. The van der Waals surface area contributed by atoms with Gasteiger partial charge in [0.1, 0.15) is 6.33 Å².